The van der Waals surface area contributed by atoms with Gasteiger partial charge in [0.25, 0.3) is 5.91 Å². The number of rotatable bonds is 5. The van der Waals surface area contributed by atoms with E-state index in [0.717, 1.165) is 63.7 Å². The molecule has 1 atom stereocenters. The van der Waals surface area contributed by atoms with Gasteiger partial charge in [-0.1, -0.05) is 6.07 Å². The lowest BCUT2D eigenvalue weighted by molar-refractivity contribution is 0.00938. The van der Waals surface area contributed by atoms with Gasteiger partial charge in [-0.25, -0.2) is 0 Å². The Kier molecular flexibility index (Phi) is 5.07. The number of amides is 1. The summed E-state index contributed by atoms with van der Waals surface area (Å²) >= 11 is 0. The molecule has 26 heavy (non-hydrogen) atoms. The molecule has 2 saturated heterocycles. The summed E-state index contributed by atoms with van der Waals surface area (Å²) in [5.74, 6) is 0.983. The molecule has 4 rings (SSSR count). The normalized spacial score (nSPS) is 25.0. The molecule has 0 aromatic heterocycles. The zero-order valence-electron chi connectivity index (χ0n) is 16.1. The van der Waals surface area contributed by atoms with Crippen LogP contribution in [0.5, 0.6) is 0 Å². The predicted octanol–water partition coefficient (Wildman–Crippen LogP) is 3.74. The number of nitrogens with zero attached hydrogens (tertiary/aromatic N) is 1. The van der Waals surface area contributed by atoms with Crippen molar-refractivity contribution in [1.82, 2.24) is 4.90 Å². The Bertz CT molecular complexity index is 659. The first kappa shape index (κ1) is 18.0. The van der Waals surface area contributed by atoms with E-state index < -0.39 is 0 Å². The van der Waals surface area contributed by atoms with Gasteiger partial charge in [0.05, 0.1) is 19.3 Å². The van der Waals surface area contributed by atoms with Gasteiger partial charge in [-0.3, -0.25) is 4.79 Å². The minimum atomic E-state index is 0.172. The van der Waals surface area contributed by atoms with Crippen molar-refractivity contribution in [1.29, 1.82) is 0 Å². The Balaban J connectivity index is 1.28. The highest BCUT2D eigenvalue weighted by molar-refractivity contribution is 5.94. The van der Waals surface area contributed by atoms with E-state index in [-0.39, 0.29) is 17.4 Å². The third-order valence-corrected chi connectivity index (χ3v) is 6.51. The van der Waals surface area contributed by atoms with Crippen LogP contribution >= 0.6 is 0 Å². The van der Waals surface area contributed by atoms with Gasteiger partial charge < -0.3 is 14.4 Å². The maximum atomic E-state index is 12.8. The Hall–Kier alpha value is -1.39. The summed E-state index contributed by atoms with van der Waals surface area (Å²) in [7, 11) is 0. The van der Waals surface area contributed by atoms with Crippen molar-refractivity contribution in [2.45, 2.75) is 52.1 Å². The van der Waals surface area contributed by atoms with Crippen molar-refractivity contribution in [3.63, 3.8) is 0 Å². The summed E-state index contributed by atoms with van der Waals surface area (Å²) in [6, 6.07) is 6.03. The molecule has 3 fully saturated rings. The van der Waals surface area contributed by atoms with Crippen molar-refractivity contribution in [2.24, 2.45) is 11.3 Å². The minimum absolute atomic E-state index is 0.172. The molecule has 4 heteroatoms. The SMILES string of the molecule is Cc1ccc(C(=O)N2CCC3(CC2)COC(COCC2CC2)C3)cc1C. The molecule has 0 radical (unpaired) electrons. The lowest BCUT2D eigenvalue weighted by atomic mass is 9.76. The highest BCUT2D eigenvalue weighted by Crippen LogP contribution is 2.42. The quantitative estimate of drug-likeness (QED) is 0.806. The van der Waals surface area contributed by atoms with Crippen LogP contribution in [-0.4, -0.2) is 49.8 Å². The van der Waals surface area contributed by atoms with Gasteiger partial charge in [-0.15, -0.1) is 0 Å². The molecule has 2 aliphatic heterocycles. The molecule has 1 aromatic rings. The number of aryl methyl sites for hydroxylation is 2. The molecule has 1 aromatic carbocycles. The number of hydrogen-bond acceptors (Lipinski definition) is 3. The highest BCUT2D eigenvalue weighted by atomic mass is 16.5. The summed E-state index contributed by atoms with van der Waals surface area (Å²) in [5.41, 5.74) is 3.49. The summed E-state index contributed by atoms with van der Waals surface area (Å²) in [4.78, 5) is 14.8. The third kappa shape index (κ3) is 3.96. The van der Waals surface area contributed by atoms with Gasteiger partial charge in [0.15, 0.2) is 0 Å². The van der Waals surface area contributed by atoms with E-state index in [9.17, 15) is 4.79 Å². The topological polar surface area (TPSA) is 38.8 Å². The lowest BCUT2D eigenvalue weighted by Gasteiger charge is -2.38. The third-order valence-electron chi connectivity index (χ3n) is 6.51. The Morgan fingerprint density at radius 1 is 1.19 bits per heavy atom. The maximum absolute atomic E-state index is 12.8. The van der Waals surface area contributed by atoms with Gasteiger partial charge >= 0.3 is 0 Å². The van der Waals surface area contributed by atoms with Crippen LogP contribution in [0.25, 0.3) is 0 Å². The second kappa shape index (κ2) is 7.32. The van der Waals surface area contributed by atoms with Crippen LogP contribution in [-0.2, 0) is 9.47 Å². The van der Waals surface area contributed by atoms with Crippen molar-refractivity contribution in [2.75, 3.05) is 32.9 Å². The van der Waals surface area contributed by atoms with Crippen LogP contribution in [0.1, 0.15) is 53.6 Å². The number of hydrogen-bond donors (Lipinski definition) is 0. The number of benzene rings is 1. The van der Waals surface area contributed by atoms with Gasteiger partial charge in [0, 0.05) is 25.3 Å². The highest BCUT2D eigenvalue weighted by Gasteiger charge is 2.43. The van der Waals surface area contributed by atoms with Crippen LogP contribution in [0.15, 0.2) is 18.2 Å². The largest absolute Gasteiger partial charge is 0.378 e. The molecule has 1 spiro atoms. The molecule has 1 saturated carbocycles. The Labute approximate surface area is 156 Å². The standard InChI is InChI=1S/C22H31NO3/c1-16-3-6-19(11-17(16)2)21(24)23-9-7-22(8-10-23)12-20(26-15-22)14-25-13-18-4-5-18/h3,6,11,18,20H,4-5,7-10,12-15H2,1-2H3. The van der Waals surface area contributed by atoms with E-state index in [4.69, 9.17) is 9.47 Å². The van der Waals surface area contributed by atoms with Crippen molar-refractivity contribution in [3.05, 3.63) is 34.9 Å². The average molecular weight is 357 g/mol. The fourth-order valence-corrected chi connectivity index (χ4v) is 4.24. The predicted molar refractivity (Wildman–Crippen MR) is 101 cm³/mol. The fourth-order valence-electron chi connectivity index (χ4n) is 4.24. The van der Waals surface area contributed by atoms with Gasteiger partial charge in [0.1, 0.15) is 0 Å². The molecule has 1 aliphatic carbocycles. The van der Waals surface area contributed by atoms with Crippen molar-refractivity contribution >= 4 is 5.91 Å². The van der Waals surface area contributed by atoms with Crippen molar-refractivity contribution < 1.29 is 14.3 Å². The summed E-state index contributed by atoms with van der Waals surface area (Å²) in [6.07, 6.45) is 6.09. The molecule has 4 nitrogen and oxygen atoms in total. The van der Waals surface area contributed by atoms with Gasteiger partial charge in [-0.2, -0.15) is 0 Å². The zero-order valence-corrected chi connectivity index (χ0v) is 16.1. The average Bonchev–Trinajstić information content (AvgIpc) is 3.39. The van der Waals surface area contributed by atoms with Crippen LogP contribution in [0.3, 0.4) is 0 Å². The van der Waals surface area contributed by atoms with Gasteiger partial charge in [0.2, 0.25) is 0 Å². The molecule has 0 N–H and O–H groups in total. The van der Waals surface area contributed by atoms with E-state index >= 15 is 0 Å². The number of ether oxygens (including phenoxy) is 2. The smallest absolute Gasteiger partial charge is 0.253 e. The minimum Gasteiger partial charge on any atom is -0.378 e. The molecular formula is C22H31NO3. The van der Waals surface area contributed by atoms with Gasteiger partial charge in [-0.05, 0) is 80.5 Å². The second-order valence-electron chi connectivity index (χ2n) is 8.71. The summed E-state index contributed by atoms with van der Waals surface area (Å²) in [5, 5.41) is 0. The summed E-state index contributed by atoms with van der Waals surface area (Å²) < 4.78 is 11.9. The Morgan fingerprint density at radius 3 is 2.65 bits per heavy atom. The number of likely N-dealkylation sites (tertiary alicyclic amines) is 1. The second-order valence-corrected chi connectivity index (χ2v) is 8.71. The maximum Gasteiger partial charge on any atom is 0.253 e. The molecule has 1 amide bonds. The first-order chi connectivity index (χ1) is 12.5. The van der Waals surface area contributed by atoms with E-state index in [0.29, 0.717) is 0 Å². The number of carbonyl (C=O) groups excluding carboxylic acids is 1. The molecule has 0 bridgehead atoms. The molecule has 2 heterocycles. The molecule has 3 aliphatic rings. The van der Waals surface area contributed by atoms with Crippen LogP contribution in [0.4, 0.5) is 0 Å². The van der Waals surface area contributed by atoms with Crippen molar-refractivity contribution in [3.8, 4) is 0 Å². The fraction of sp³-hybridized carbons (Fsp3) is 0.682. The first-order valence-corrected chi connectivity index (χ1v) is 10.1. The lowest BCUT2D eigenvalue weighted by Crippen LogP contribution is -2.43. The van der Waals surface area contributed by atoms with E-state index in [1.165, 1.54) is 24.0 Å². The van der Waals surface area contributed by atoms with Crippen LogP contribution < -0.4 is 0 Å². The van der Waals surface area contributed by atoms with Crippen LogP contribution in [0, 0.1) is 25.2 Å². The van der Waals surface area contributed by atoms with E-state index in [1.54, 1.807) is 0 Å². The molecular weight excluding hydrogens is 326 g/mol. The number of carbonyl (C=O) groups is 1. The monoisotopic (exact) mass is 357 g/mol. The Morgan fingerprint density at radius 2 is 1.96 bits per heavy atom. The summed E-state index contributed by atoms with van der Waals surface area (Å²) in [6.45, 7) is 8.30. The first-order valence-electron chi connectivity index (χ1n) is 10.1. The molecule has 1 unspecified atom stereocenters. The van der Waals surface area contributed by atoms with E-state index in [2.05, 4.69) is 13.8 Å². The van der Waals surface area contributed by atoms with Crippen LogP contribution in [0.2, 0.25) is 0 Å². The van der Waals surface area contributed by atoms with E-state index in [1.807, 2.05) is 23.1 Å². The zero-order chi connectivity index (χ0) is 18.1. The number of piperidine rings is 1. The molecule has 142 valence electrons.